The van der Waals surface area contributed by atoms with Crippen LogP contribution in [0.2, 0.25) is 0 Å². The summed E-state index contributed by atoms with van der Waals surface area (Å²) in [6.07, 6.45) is 0.696. The van der Waals surface area contributed by atoms with E-state index in [1.54, 1.807) is 0 Å². The third kappa shape index (κ3) is 0.918. The van der Waals surface area contributed by atoms with Gasteiger partial charge in [0.15, 0.2) is 5.41 Å². The molecule has 1 fully saturated rings. The van der Waals surface area contributed by atoms with Gasteiger partial charge < -0.3 is 5.11 Å². The summed E-state index contributed by atoms with van der Waals surface area (Å²) in [6.45, 7) is 0. The van der Waals surface area contributed by atoms with Crippen molar-refractivity contribution >= 4 is 17.3 Å². The van der Waals surface area contributed by atoms with Gasteiger partial charge in [-0.2, -0.15) is 0 Å². The van der Waals surface area contributed by atoms with E-state index in [1.807, 2.05) is 0 Å². The van der Waals surface area contributed by atoms with E-state index in [0.717, 1.165) is 11.3 Å². The summed E-state index contributed by atoms with van der Waals surface area (Å²) in [5, 5.41) is 10.2. The Morgan fingerprint density at radius 3 is 2.62 bits per heavy atom. The number of carboxylic acid groups (broad SMARTS) is 1. The molecule has 70 valence electrons. The van der Waals surface area contributed by atoms with Gasteiger partial charge in [0.25, 0.3) is 5.92 Å². The number of hydrogen-bond donors (Lipinski definition) is 1. The smallest absolute Gasteiger partial charge is 0.323 e. The number of halogens is 2. The maximum atomic E-state index is 12.9. The van der Waals surface area contributed by atoms with Crippen LogP contribution in [0.4, 0.5) is 8.78 Å². The first kappa shape index (κ1) is 8.55. The molecule has 1 unspecified atom stereocenters. The van der Waals surface area contributed by atoms with E-state index in [9.17, 15) is 13.6 Å². The molecule has 1 aliphatic rings. The van der Waals surface area contributed by atoms with Crippen LogP contribution >= 0.6 is 11.3 Å². The Morgan fingerprint density at radius 1 is 1.69 bits per heavy atom. The third-order valence-corrected chi connectivity index (χ3v) is 3.08. The topological polar surface area (TPSA) is 50.2 Å². The summed E-state index contributed by atoms with van der Waals surface area (Å²) in [6, 6.07) is 0. The van der Waals surface area contributed by atoms with Crippen molar-refractivity contribution in [3.05, 3.63) is 16.6 Å². The summed E-state index contributed by atoms with van der Waals surface area (Å²) in [7, 11) is 0. The van der Waals surface area contributed by atoms with Crippen molar-refractivity contribution in [1.29, 1.82) is 0 Å². The van der Waals surface area contributed by atoms with E-state index < -0.39 is 23.7 Å². The summed E-state index contributed by atoms with van der Waals surface area (Å²) in [5.74, 6) is -4.64. The van der Waals surface area contributed by atoms with Crippen LogP contribution in [0, 0.1) is 0 Å². The number of hydrogen-bond acceptors (Lipinski definition) is 3. The fraction of sp³-hybridized carbons (Fsp3) is 0.429. The summed E-state index contributed by atoms with van der Waals surface area (Å²) in [4.78, 5) is 14.3. The Bertz CT molecular complexity index is 351. The minimum atomic E-state index is -3.14. The molecule has 0 aromatic carbocycles. The molecule has 3 nitrogen and oxygen atoms in total. The molecule has 0 bridgehead atoms. The molecule has 1 atom stereocenters. The first-order chi connectivity index (χ1) is 6.01. The van der Waals surface area contributed by atoms with Crippen molar-refractivity contribution in [2.75, 3.05) is 0 Å². The van der Waals surface area contributed by atoms with Gasteiger partial charge in [-0.15, -0.1) is 11.3 Å². The first-order valence-electron chi connectivity index (χ1n) is 3.52. The number of nitrogens with zero attached hydrogens (tertiary/aromatic N) is 1. The number of carbonyl (C=O) groups is 1. The van der Waals surface area contributed by atoms with Gasteiger partial charge in [-0.1, -0.05) is 0 Å². The van der Waals surface area contributed by atoms with Crippen molar-refractivity contribution in [2.24, 2.45) is 0 Å². The van der Waals surface area contributed by atoms with Gasteiger partial charge >= 0.3 is 5.97 Å². The molecule has 0 saturated heterocycles. The highest BCUT2D eigenvalue weighted by atomic mass is 32.1. The minimum absolute atomic E-state index is 0.00926. The maximum absolute atomic E-state index is 12.9. The third-order valence-electron chi connectivity index (χ3n) is 2.15. The van der Waals surface area contributed by atoms with Crippen LogP contribution in [0.3, 0.4) is 0 Å². The molecule has 1 heterocycles. The molecular weight excluding hydrogens is 200 g/mol. The largest absolute Gasteiger partial charge is 0.480 e. The van der Waals surface area contributed by atoms with Crippen LogP contribution in [0.15, 0.2) is 11.6 Å². The van der Waals surface area contributed by atoms with E-state index >= 15 is 0 Å². The maximum Gasteiger partial charge on any atom is 0.323 e. The summed E-state index contributed by atoms with van der Waals surface area (Å²) >= 11 is 0.951. The van der Waals surface area contributed by atoms with E-state index in [0.29, 0.717) is 0 Å². The zero-order valence-corrected chi connectivity index (χ0v) is 7.15. The van der Waals surface area contributed by atoms with Gasteiger partial charge in [-0.25, -0.2) is 13.8 Å². The number of carboxylic acids is 1. The van der Waals surface area contributed by atoms with E-state index in [1.165, 1.54) is 11.6 Å². The second kappa shape index (κ2) is 2.25. The molecular formula is C7H5F2NO2S. The molecule has 1 saturated carbocycles. The molecule has 2 rings (SSSR count). The predicted octanol–water partition coefficient (Wildman–Crippen LogP) is 1.50. The molecule has 1 aromatic rings. The summed E-state index contributed by atoms with van der Waals surface area (Å²) < 4.78 is 25.7. The fourth-order valence-electron chi connectivity index (χ4n) is 1.28. The minimum Gasteiger partial charge on any atom is -0.480 e. The lowest BCUT2D eigenvalue weighted by Gasteiger charge is -2.06. The zero-order valence-electron chi connectivity index (χ0n) is 6.33. The molecule has 1 N–H and O–H groups in total. The van der Waals surface area contributed by atoms with Gasteiger partial charge in [0, 0.05) is 18.0 Å². The van der Waals surface area contributed by atoms with E-state index in [2.05, 4.69) is 4.98 Å². The molecule has 0 radical (unpaired) electrons. The van der Waals surface area contributed by atoms with E-state index in [4.69, 9.17) is 5.11 Å². The molecule has 1 aromatic heterocycles. The summed E-state index contributed by atoms with van der Waals surface area (Å²) in [5.41, 5.74) is -2.04. The fourth-order valence-corrected chi connectivity index (χ4v) is 2.16. The Kier molecular flexibility index (Phi) is 1.48. The van der Waals surface area contributed by atoms with Gasteiger partial charge in [0.2, 0.25) is 0 Å². The lowest BCUT2D eigenvalue weighted by molar-refractivity contribution is -0.142. The number of alkyl halides is 2. The average Bonchev–Trinajstić information content (AvgIpc) is 2.52. The van der Waals surface area contributed by atoms with Crippen molar-refractivity contribution < 1.29 is 18.7 Å². The number of aromatic nitrogens is 1. The van der Waals surface area contributed by atoms with Crippen LogP contribution in [-0.4, -0.2) is 22.0 Å². The number of thiazole rings is 1. The average molecular weight is 205 g/mol. The Hall–Kier alpha value is -1.04. The molecule has 6 heteroatoms. The highest BCUT2D eigenvalue weighted by Crippen LogP contribution is 2.62. The van der Waals surface area contributed by atoms with Gasteiger partial charge in [-0.3, -0.25) is 4.79 Å². The lowest BCUT2D eigenvalue weighted by Crippen LogP contribution is -2.26. The van der Waals surface area contributed by atoms with Crippen molar-refractivity contribution in [3.8, 4) is 0 Å². The van der Waals surface area contributed by atoms with Crippen LogP contribution in [-0.2, 0) is 10.2 Å². The first-order valence-corrected chi connectivity index (χ1v) is 4.40. The SMILES string of the molecule is O=C(O)C1(c2nccs2)CC1(F)F. The molecule has 1 aliphatic carbocycles. The molecule has 13 heavy (non-hydrogen) atoms. The second-order valence-electron chi connectivity index (χ2n) is 2.93. The van der Waals surface area contributed by atoms with Crippen LogP contribution in [0.5, 0.6) is 0 Å². The zero-order chi connectivity index (χ0) is 9.69. The molecule has 0 aliphatic heterocycles. The highest BCUT2D eigenvalue weighted by Gasteiger charge is 2.79. The van der Waals surface area contributed by atoms with Crippen LogP contribution in [0.25, 0.3) is 0 Å². The number of rotatable bonds is 2. The van der Waals surface area contributed by atoms with Gasteiger partial charge in [0.1, 0.15) is 5.01 Å². The molecule has 0 spiro atoms. The van der Waals surface area contributed by atoms with Crippen molar-refractivity contribution in [3.63, 3.8) is 0 Å². The Balaban J connectivity index is 2.45. The van der Waals surface area contributed by atoms with Crippen LogP contribution < -0.4 is 0 Å². The quantitative estimate of drug-likeness (QED) is 0.796. The Labute approximate surface area is 76.0 Å². The number of aliphatic carboxylic acids is 1. The highest BCUT2D eigenvalue weighted by molar-refractivity contribution is 7.09. The second-order valence-corrected chi connectivity index (χ2v) is 3.82. The predicted molar refractivity (Wildman–Crippen MR) is 41.0 cm³/mol. The molecule has 0 amide bonds. The lowest BCUT2D eigenvalue weighted by atomic mass is 10.1. The Morgan fingerprint density at radius 2 is 2.31 bits per heavy atom. The van der Waals surface area contributed by atoms with Crippen molar-refractivity contribution in [2.45, 2.75) is 17.8 Å². The van der Waals surface area contributed by atoms with Gasteiger partial charge in [0.05, 0.1) is 0 Å². The monoisotopic (exact) mass is 205 g/mol. The van der Waals surface area contributed by atoms with Gasteiger partial charge in [-0.05, 0) is 0 Å². The normalized spacial score (nSPS) is 30.0. The van der Waals surface area contributed by atoms with Crippen molar-refractivity contribution in [1.82, 2.24) is 4.98 Å². The standard InChI is InChI=1S/C7H5F2NO2S/c8-7(9)3-6(7,5(11)12)4-10-1-2-13-4/h1-2H,3H2,(H,11,12). The van der Waals surface area contributed by atoms with Crippen LogP contribution in [0.1, 0.15) is 11.4 Å². The van der Waals surface area contributed by atoms with E-state index in [-0.39, 0.29) is 5.01 Å².